The lowest BCUT2D eigenvalue weighted by Crippen LogP contribution is -2.27. The largest absolute Gasteiger partial charge is 0.241 e. The summed E-state index contributed by atoms with van der Waals surface area (Å²) >= 11 is 0. The number of primary sulfonamides is 1. The maximum absolute atomic E-state index is 12.1. The monoisotopic (exact) mass is 318 g/mol. The molecule has 0 bridgehead atoms. The fraction of sp³-hybridized carbons (Fsp3) is 0.500. The summed E-state index contributed by atoms with van der Waals surface area (Å²) < 4.78 is 49.5. The van der Waals surface area contributed by atoms with E-state index in [9.17, 15) is 16.8 Å². The van der Waals surface area contributed by atoms with Crippen molar-refractivity contribution in [2.45, 2.75) is 35.5 Å². The smallest absolute Gasteiger partial charge is 0.225 e. The summed E-state index contributed by atoms with van der Waals surface area (Å²) in [7, 11) is -7.93. The molecule has 1 saturated carbocycles. The second kappa shape index (κ2) is 5.80. The van der Waals surface area contributed by atoms with Crippen LogP contribution in [0.5, 0.6) is 0 Å². The highest BCUT2D eigenvalue weighted by Gasteiger charge is 2.24. The van der Waals surface area contributed by atoms with Crippen molar-refractivity contribution in [2.24, 2.45) is 11.1 Å². The van der Waals surface area contributed by atoms with Gasteiger partial charge in [-0.15, -0.1) is 0 Å². The molecule has 0 heterocycles. The van der Waals surface area contributed by atoms with Crippen LogP contribution in [0.15, 0.2) is 34.1 Å². The lowest BCUT2D eigenvalue weighted by molar-refractivity contribution is 0.566. The Morgan fingerprint density at radius 1 is 1.10 bits per heavy atom. The standard InChI is InChI=1S/C12H18N2O4S2/c13-19(15,16)11-5-1-2-6-12(11)20(17,18)14-9-3-4-10-7-8-10/h1-2,5-6,10,14H,3-4,7-9H2,(H2,13,15,16). The molecule has 1 aromatic rings. The van der Waals surface area contributed by atoms with Gasteiger partial charge in [0.2, 0.25) is 20.0 Å². The first kappa shape index (κ1) is 15.4. The first-order valence-electron chi connectivity index (χ1n) is 6.42. The van der Waals surface area contributed by atoms with E-state index in [1.54, 1.807) is 0 Å². The molecule has 0 aromatic heterocycles. The molecule has 1 aromatic carbocycles. The van der Waals surface area contributed by atoms with E-state index in [4.69, 9.17) is 5.14 Å². The molecular weight excluding hydrogens is 300 g/mol. The van der Waals surface area contributed by atoms with Crippen LogP contribution in [0, 0.1) is 5.92 Å². The molecular formula is C12H18N2O4S2. The molecule has 3 N–H and O–H groups in total. The first-order chi connectivity index (χ1) is 9.31. The molecule has 0 amide bonds. The van der Waals surface area contributed by atoms with Gasteiger partial charge in [0, 0.05) is 6.54 Å². The van der Waals surface area contributed by atoms with E-state index < -0.39 is 20.0 Å². The van der Waals surface area contributed by atoms with Gasteiger partial charge in [0.1, 0.15) is 9.79 Å². The maximum atomic E-state index is 12.1. The minimum absolute atomic E-state index is 0.297. The molecule has 0 aliphatic heterocycles. The van der Waals surface area contributed by atoms with Crippen molar-refractivity contribution >= 4 is 20.0 Å². The molecule has 0 unspecified atom stereocenters. The second-order valence-electron chi connectivity index (χ2n) is 4.98. The van der Waals surface area contributed by atoms with Crippen molar-refractivity contribution in [3.05, 3.63) is 24.3 Å². The van der Waals surface area contributed by atoms with Crippen molar-refractivity contribution in [1.82, 2.24) is 4.72 Å². The minimum Gasteiger partial charge on any atom is -0.225 e. The molecule has 0 atom stereocenters. The van der Waals surface area contributed by atoms with E-state index in [1.807, 2.05) is 0 Å². The van der Waals surface area contributed by atoms with Gasteiger partial charge in [-0.1, -0.05) is 25.0 Å². The summed E-state index contributed by atoms with van der Waals surface area (Å²) in [6.07, 6.45) is 4.20. The van der Waals surface area contributed by atoms with Crippen LogP contribution in [0.3, 0.4) is 0 Å². The van der Waals surface area contributed by atoms with Crippen molar-refractivity contribution in [3.8, 4) is 0 Å². The molecule has 2 rings (SSSR count). The number of hydrogen-bond acceptors (Lipinski definition) is 4. The van der Waals surface area contributed by atoms with Gasteiger partial charge in [0.25, 0.3) is 0 Å². The Kier molecular flexibility index (Phi) is 4.48. The van der Waals surface area contributed by atoms with E-state index in [0.29, 0.717) is 6.54 Å². The summed E-state index contributed by atoms with van der Waals surface area (Å²) in [4.78, 5) is -0.677. The zero-order valence-electron chi connectivity index (χ0n) is 10.9. The number of nitrogens with one attached hydrogen (secondary N) is 1. The van der Waals surface area contributed by atoms with Crippen LogP contribution in [0.4, 0.5) is 0 Å². The van der Waals surface area contributed by atoms with Gasteiger partial charge in [-0.25, -0.2) is 26.7 Å². The van der Waals surface area contributed by atoms with Crippen molar-refractivity contribution in [1.29, 1.82) is 0 Å². The summed E-state index contributed by atoms with van der Waals surface area (Å²) in [6, 6.07) is 5.33. The fourth-order valence-corrected chi connectivity index (χ4v) is 4.44. The predicted molar refractivity (Wildman–Crippen MR) is 75.0 cm³/mol. The molecule has 0 spiro atoms. The highest BCUT2D eigenvalue weighted by atomic mass is 32.2. The molecule has 1 aliphatic rings. The van der Waals surface area contributed by atoms with Crippen molar-refractivity contribution < 1.29 is 16.8 Å². The second-order valence-corrected chi connectivity index (χ2v) is 8.24. The number of sulfonamides is 2. The molecule has 20 heavy (non-hydrogen) atoms. The first-order valence-corrected chi connectivity index (χ1v) is 9.45. The molecule has 8 heteroatoms. The molecule has 1 aliphatic carbocycles. The average molecular weight is 318 g/mol. The Morgan fingerprint density at radius 2 is 1.70 bits per heavy atom. The lowest BCUT2D eigenvalue weighted by atomic mass is 10.2. The van der Waals surface area contributed by atoms with Crippen LogP contribution in [-0.4, -0.2) is 23.4 Å². The quantitative estimate of drug-likeness (QED) is 0.725. The molecule has 0 radical (unpaired) electrons. The number of nitrogens with two attached hydrogens (primary N) is 1. The third kappa shape index (κ3) is 4.02. The Hall–Kier alpha value is -0.960. The summed E-state index contributed by atoms with van der Waals surface area (Å²) in [5, 5.41) is 5.04. The fourth-order valence-electron chi connectivity index (χ4n) is 1.99. The Bertz CT molecular complexity index is 679. The highest BCUT2D eigenvalue weighted by Crippen LogP contribution is 2.33. The highest BCUT2D eigenvalue weighted by molar-refractivity contribution is 7.92. The van der Waals surface area contributed by atoms with Gasteiger partial charge in [-0.05, 0) is 30.9 Å². The van der Waals surface area contributed by atoms with Crippen molar-refractivity contribution in [3.63, 3.8) is 0 Å². The summed E-state index contributed by atoms with van der Waals surface area (Å²) in [5.74, 6) is 0.733. The topological polar surface area (TPSA) is 106 Å². The van der Waals surface area contributed by atoms with Crippen LogP contribution in [0.2, 0.25) is 0 Å². The maximum Gasteiger partial charge on any atom is 0.241 e. The summed E-state index contributed by atoms with van der Waals surface area (Å²) in [5.41, 5.74) is 0. The van der Waals surface area contributed by atoms with Gasteiger partial charge in [0.15, 0.2) is 0 Å². The van der Waals surface area contributed by atoms with Crippen LogP contribution in [0.1, 0.15) is 25.7 Å². The van der Waals surface area contributed by atoms with Gasteiger partial charge in [0.05, 0.1) is 0 Å². The van der Waals surface area contributed by atoms with Crippen LogP contribution >= 0.6 is 0 Å². The van der Waals surface area contributed by atoms with Crippen LogP contribution in [-0.2, 0) is 20.0 Å². The van der Waals surface area contributed by atoms with E-state index in [2.05, 4.69) is 4.72 Å². The van der Waals surface area contributed by atoms with E-state index in [1.165, 1.54) is 37.1 Å². The normalized spacial score (nSPS) is 16.2. The lowest BCUT2D eigenvalue weighted by Gasteiger charge is -2.10. The third-order valence-electron chi connectivity index (χ3n) is 3.22. The number of hydrogen-bond donors (Lipinski definition) is 2. The van der Waals surface area contributed by atoms with Gasteiger partial charge in [-0.2, -0.15) is 0 Å². The molecule has 112 valence electrons. The third-order valence-corrected chi connectivity index (χ3v) is 5.84. The molecule has 6 nitrogen and oxygen atoms in total. The Labute approximate surface area is 119 Å². The van der Waals surface area contributed by atoms with Gasteiger partial charge < -0.3 is 0 Å². The zero-order valence-corrected chi connectivity index (χ0v) is 12.6. The predicted octanol–water partition coefficient (Wildman–Crippen LogP) is 0.802. The SMILES string of the molecule is NS(=O)(=O)c1ccccc1S(=O)(=O)NCCCC1CC1. The number of rotatable bonds is 7. The van der Waals surface area contributed by atoms with E-state index >= 15 is 0 Å². The van der Waals surface area contributed by atoms with Crippen LogP contribution < -0.4 is 9.86 Å². The van der Waals surface area contributed by atoms with Gasteiger partial charge in [-0.3, -0.25) is 0 Å². The van der Waals surface area contributed by atoms with Crippen molar-refractivity contribution in [2.75, 3.05) is 6.54 Å². The minimum atomic E-state index is -4.07. The van der Waals surface area contributed by atoms with Gasteiger partial charge >= 0.3 is 0 Å². The number of benzene rings is 1. The Balaban J connectivity index is 2.12. The van der Waals surface area contributed by atoms with E-state index in [0.717, 1.165) is 18.8 Å². The Morgan fingerprint density at radius 3 is 2.25 bits per heavy atom. The van der Waals surface area contributed by atoms with Crippen LogP contribution in [0.25, 0.3) is 0 Å². The van der Waals surface area contributed by atoms with E-state index in [-0.39, 0.29) is 9.79 Å². The summed E-state index contributed by atoms with van der Waals surface area (Å²) in [6.45, 7) is 0.303. The molecule has 1 fully saturated rings. The molecule has 0 saturated heterocycles. The zero-order chi connectivity index (χ0) is 14.8. The average Bonchev–Trinajstić information content (AvgIpc) is 3.18.